The predicted molar refractivity (Wildman–Crippen MR) is 127 cm³/mol. The van der Waals surface area contributed by atoms with Gasteiger partial charge in [0.05, 0.1) is 10.6 Å². The smallest absolute Gasteiger partial charge is 0.316 e. The lowest BCUT2D eigenvalue weighted by Gasteiger charge is -2.10. The summed E-state index contributed by atoms with van der Waals surface area (Å²) in [6, 6.07) is 19.4. The zero-order chi connectivity index (χ0) is 23.3. The summed E-state index contributed by atoms with van der Waals surface area (Å²) in [7, 11) is 0. The number of ether oxygens (including phenoxy) is 1. The molecule has 0 fully saturated rings. The number of para-hydroxylation sites is 1. The first-order valence-corrected chi connectivity index (χ1v) is 12.1. The zero-order valence-corrected chi connectivity index (χ0v) is 19.3. The van der Waals surface area contributed by atoms with Crippen molar-refractivity contribution >= 4 is 29.1 Å². The van der Waals surface area contributed by atoms with Gasteiger partial charge in [-0.25, -0.2) is 9.37 Å². The van der Waals surface area contributed by atoms with Crippen LogP contribution in [0.5, 0.6) is 0 Å². The molecule has 0 amide bonds. The Hall–Kier alpha value is -3.76. The molecule has 0 aliphatic rings. The number of hydrogen-bond acceptors (Lipinski definition) is 8. The Labute approximate surface area is 202 Å². The highest BCUT2D eigenvalue weighted by Crippen LogP contribution is 2.28. The van der Waals surface area contributed by atoms with Gasteiger partial charge in [0.1, 0.15) is 24.4 Å². The second-order valence-corrected chi connectivity index (χ2v) is 8.94. The van der Waals surface area contributed by atoms with E-state index in [4.69, 9.17) is 9.15 Å². The first-order chi connectivity index (χ1) is 16.7. The number of nitrogens with zero attached hydrogens (tertiary/aromatic N) is 4. The molecule has 34 heavy (non-hydrogen) atoms. The molecule has 170 valence electrons. The van der Waals surface area contributed by atoms with Crippen molar-refractivity contribution in [2.45, 2.75) is 11.8 Å². The van der Waals surface area contributed by atoms with Gasteiger partial charge in [0.2, 0.25) is 5.89 Å². The van der Waals surface area contributed by atoms with E-state index >= 15 is 0 Å². The topological polar surface area (TPSA) is 83.0 Å². The van der Waals surface area contributed by atoms with Crippen molar-refractivity contribution in [3.05, 3.63) is 89.9 Å². The predicted octanol–water partition coefficient (Wildman–Crippen LogP) is 5.63. The van der Waals surface area contributed by atoms with Gasteiger partial charge in [-0.15, -0.1) is 21.5 Å². The Morgan fingerprint density at radius 2 is 1.88 bits per heavy atom. The second kappa shape index (κ2) is 10.0. The summed E-state index contributed by atoms with van der Waals surface area (Å²) in [5.41, 5.74) is 2.07. The van der Waals surface area contributed by atoms with Crippen LogP contribution in [0.3, 0.4) is 0 Å². The van der Waals surface area contributed by atoms with Crippen LogP contribution in [0.15, 0.2) is 87.9 Å². The minimum Gasteiger partial charge on any atom is -0.458 e. The molecule has 0 radical (unpaired) electrons. The van der Waals surface area contributed by atoms with E-state index in [-0.39, 0.29) is 18.2 Å². The second-order valence-electron chi connectivity index (χ2n) is 7.05. The molecule has 0 saturated carbocycles. The Morgan fingerprint density at radius 1 is 1.06 bits per heavy atom. The number of carbonyl (C=O) groups is 1. The van der Waals surface area contributed by atoms with Crippen LogP contribution in [-0.2, 0) is 16.1 Å². The third-order valence-corrected chi connectivity index (χ3v) is 6.49. The van der Waals surface area contributed by atoms with Gasteiger partial charge in [-0.3, -0.25) is 9.36 Å². The molecule has 0 aliphatic carbocycles. The summed E-state index contributed by atoms with van der Waals surface area (Å²) in [6.45, 7) is 0.0144. The molecule has 0 saturated heterocycles. The van der Waals surface area contributed by atoms with Crippen LogP contribution in [-0.4, -0.2) is 31.5 Å². The largest absolute Gasteiger partial charge is 0.458 e. The number of thiophene rings is 1. The summed E-state index contributed by atoms with van der Waals surface area (Å²) >= 11 is 2.72. The third-order valence-electron chi connectivity index (χ3n) is 4.73. The highest BCUT2D eigenvalue weighted by Gasteiger charge is 2.18. The van der Waals surface area contributed by atoms with Gasteiger partial charge in [0.25, 0.3) is 0 Å². The van der Waals surface area contributed by atoms with Gasteiger partial charge in [0, 0.05) is 11.3 Å². The van der Waals surface area contributed by atoms with E-state index < -0.39 is 5.97 Å². The molecule has 5 aromatic rings. The minimum atomic E-state index is -0.420. The maximum Gasteiger partial charge on any atom is 0.316 e. The fourth-order valence-corrected chi connectivity index (χ4v) is 4.57. The fourth-order valence-electron chi connectivity index (χ4n) is 3.17. The first kappa shape index (κ1) is 22.1. The van der Waals surface area contributed by atoms with Crippen LogP contribution in [0.25, 0.3) is 27.8 Å². The normalized spacial score (nSPS) is 11.0. The number of oxazole rings is 1. The zero-order valence-electron chi connectivity index (χ0n) is 17.6. The lowest BCUT2D eigenvalue weighted by atomic mass is 10.2. The van der Waals surface area contributed by atoms with Gasteiger partial charge < -0.3 is 9.15 Å². The van der Waals surface area contributed by atoms with E-state index in [9.17, 15) is 9.18 Å². The van der Waals surface area contributed by atoms with E-state index in [1.807, 2.05) is 52.4 Å². The van der Waals surface area contributed by atoms with Gasteiger partial charge in [-0.2, -0.15) is 0 Å². The van der Waals surface area contributed by atoms with Crippen molar-refractivity contribution in [2.24, 2.45) is 0 Å². The van der Waals surface area contributed by atoms with E-state index in [1.165, 1.54) is 41.5 Å². The summed E-state index contributed by atoms with van der Waals surface area (Å²) in [4.78, 5) is 17.6. The van der Waals surface area contributed by atoms with E-state index in [1.54, 1.807) is 12.1 Å². The Morgan fingerprint density at radius 3 is 2.65 bits per heavy atom. The molecule has 2 aromatic carbocycles. The van der Waals surface area contributed by atoms with Gasteiger partial charge in [-0.05, 0) is 47.8 Å². The maximum absolute atomic E-state index is 13.4. The lowest BCUT2D eigenvalue weighted by Crippen LogP contribution is -2.08. The Bertz CT molecular complexity index is 1380. The van der Waals surface area contributed by atoms with Crippen LogP contribution in [0.2, 0.25) is 0 Å². The molecule has 0 bridgehead atoms. The molecule has 7 nitrogen and oxygen atoms in total. The molecule has 0 atom stereocenters. The summed E-state index contributed by atoms with van der Waals surface area (Å²) in [5.74, 6) is 0.327. The monoisotopic (exact) mass is 492 g/mol. The van der Waals surface area contributed by atoms with E-state index in [2.05, 4.69) is 15.2 Å². The molecular formula is C24H17FN4O3S2. The van der Waals surface area contributed by atoms with Crippen molar-refractivity contribution < 1.29 is 18.3 Å². The van der Waals surface area contributed by atoms with Gasteiger partial charge in [-0.1, -0.05) is 36.0 Å². The third kappa shape index (κ3) is 4.92. The molecule has 0 N–H and O–H groups in total. The molecule has 5 rings (SSSR count). The molecule has 3 heterocycles. The fraction of sp³-hybridized carbons (Fsp3) is 0.0833. The Balaban J connectivity index is 1.28. The number of rotatable bonds is 8. The van der Waals surface area contributed by atoms with E-state index in [0.29, 0.717) is 28.1 Å². The number of esters is 1. The van der Waals surface area contributed by atoms with Crippen molar-refractivity contribution in [1.29, 1.82) is 0 Å². The molecule has 0 aliphatic heterocycles. The average Bonchev–Trinajstić information content (AvgIpc) is 3.63. The molecule has 3 aromatic heterocycles. The Kier molecular flexibility index (Phi) is 6.50. The molecule has 0 unspecified atom stereocenters. The number of halogens is 1. The molecular weight excluding hydrogens is 475 g/mol. The summed E-state index contributed by atoms with van der Waals surface area (Å²) in [6.07, 6.45) is 1.48. The number of benzene rings is 2. The van der Waals surface area contributed by atoms with Gasteiger partial charge >= 0.3 is 5.97 Å². The van der Waals surface area contributed by atoms with E-state index in [0.717, 1.165) is 10.6 Å². The summed E-state index contributed by atoms with van der Waals surface area (Å²) < 4.78 is 26.0. The van der Waals surface area contributed by atoms with Crippen molar-refractivity contribution in [1.82, 2.24) is 19.7 Å². The number of hydrogen-bond donors (Lipinski definition) is 0. The SMILES string of the molecule is O=C(CSc1nnc(-c2ccc(F)cc2)n1-c1ccccc1)OCc1coc(-c2cccs2)n1. The maximum atomic E-state index is 13.4. The average molecular weight is 493 g/mol. The first-order valence-electron chi connectivity index (χ1n) is 10.2. The van der Waals surface area contributed by atoms with Crippen molar-refractivity contribution in [2.75, 3.05) is 5.75 Å². The van der Waals surface area contributed by atoms with Crippen molar-refractivity contribution in [3.8, 4) is 27.8 Å². The number of carbonyl (C=O) groups excluding carboxylic acids is 1. The standard InChI is InChI=1S/C24H17FN4O3S2/c25-17-10-8-16(9-11-17)22-27-28-24(29(22)19-5-2-1-3-6-19)34-15-21(30)31-13-18-14-32-23(26-18)20-7-4-12-33-20/h1-12,14H,13,15H2. The molecule has 10 heteroatoms. The van der Waals surface area contributed by atoms with Crippen LogP contribution < -0.4 is 0 Å². The van der Waals surface area contributed by atoms with Crippen LogP contribution in [0, 0.1) is 5.82 Å². The minimum absolute atomic E-state index is 0.0144. The van der Waals surface area contributed by atoms with Crippen LogP contribution in [0.1, 0.15) is 5.69 Å². The van der Waals surface area contributed by atoms with Crippen LogP contribution in [0.4, 0.5) is 4.39 Å². The number of thioether (sulfide) groups is 1. The highest BCUT2D eigenvalue weighted by molar-refractivity contribution is 7.99. The van der Waals surface area contributed by atoms with Gasteiger partial charge in [0.15, 0.2) is 11.0 Å². The summed E-state index contributed by atoms with van der Waals surface area (Å²) in [5, 5.41) is 11.0. The number of aromatic nitrogens is 4. The quantitative estimate of drug-likeness (QED) is 0.205. The van der Waals surface area contributed by atoms with Crippen molar-refractivity contribution in [3.63, 3.8) is 0 Å². The highest BCUT2D eigenvalue weighted by atomic mass is 32.2. The lowest BCUT2D eigenvalue weighted by molar-refractivity contribution is -0.141. The van der Waals surface area contributed by atoms with Crippen LogP contribution >= 0.6 is 23.1 Å². The molecule has 0 spiro atoms.